The fourth-order valence-electron chi connectivity index (χ4n) is 4.39. The molecule has 2 saturated heterocycles. The van der Waals surface area contributed by atoms with E-state index in [-0.39, 0.29) is 6.04 Å². The minimum absolute atomic E-state index is 0.0634. The molecule has 2 aliphatic heterocycles. The molecular weight excluding hydrogens is 336 g/mol. The standard InChI is InChI=1S/C18H24N4O2S/c1-13-17(20-12-19-13)11-21-8-15-9-22(25(2,23)24)18(16(15)10-21)14-6-4-3-5-7-14/h3-7,12,15-16,18H,8-11H2,1-2H3,(H,19,20)/t15-,16-,18+/m1/s1. The van der Waals surface area contributed by atoms with Gasteiger partial charge in [0.25, 0.3) is 0 Å². The maximum absolute atomic E-state index is 12.3. The van der Waals surface area contributed by atoms with Crippen molar-refractivity contribution >= 4 is 10.0 Å². The normalized spacial score (nSPS) is 27.7. The number of rotatable bonds is 4. The van der Waals surface area contributed by atoms with Crippen molar-refractivity contribution in [2.75, 3.05) is 25.9 Å². The van der Waals surface area contributed by atoms with Crippen LogP contribution in [-0.4, -0.2) is 53.5 Å². The van der Waals surface area contributed by atoms with Crippen LogP contribution in [0.4, 0.5) is 0 Å². The second kappa shape index (κ2) is 6.23. The highest BCUT2D eigenvalue weighted by Gasteiger charge is 2.50. The molecule has 134 valence electrons. The molecule has 0 radical (unpaired) electrons. The molecule has 0 amide bonds. The Kier molecular flexibility index (Phi) is 4.17. The summed E-state index contributed by atoms with van der Waals surface area (Å²) in [6, 6.07) is 9.98. The van der Waals surface area contributed by atoms with E-state index in [2.05, 4.69) is 14.9 Å². The largest absolute Gasteiger partial charge is 0.348 e. The smallest absolute Gasteiger partial charge is 0.211 e. The van der Waals surface area contributed by atoms with E-state index in [0.717, 1.165) is 36.6 Å². The number of hydrogen-bond donors (Lipinski definition) is 1. The lowest BCUT2D eigenvalue weighted by atomic mass is 9.90. The van der Waals surface area contributed by atoms with Gasteiger partial charge in [0.1, 0.15) is 0 Å². The molecule has 0 aliphatic carbocycles. The zero-order chi connectivity index (χ0) is 17.6. The number of aryl methyl sites for hydroxylation is 1. The predicted molar refractivity (Wildman–Crippen MR) is 96.3 cm³/mol. The van der Waals surface area contributed by atoms with Gasteiger partial charge in [-0.1, -0.05) is 30.3 Å². The Morgan fingerprint density at radius 3 is 2.60 bits per heavy atom. The predicted octanol–water partition coefficient (Wildman–Crippen LogP) is 1.78. The van der Waals surface area contributed by atoms with Crippen molar-refractivity contribution < 1.29 is 8.42 Å². The zero-order valence-electron chi connectivity index (χ0n) is 14.6. The van der Waals surface area contributed by atoms with Gasteiger partial charge in [0.05, 0.1) is 24.3 Å². The van der Waals surface area contributed by atoms with Crippen molar-refractivity contribution in [3.05, 3.63) is 53.6 Å². The van der Waals surface area contributed by atoms with E-state index >= 15 is 0 Å². The third kappa shape index (κ3) is 3.12. The van der Waals surface area contributed by atoms with Gasteiger partial charge in [-0.3, -0.25) is 4.90 Å². The molecule has 2 aliphatic rings. The summed E-state index contributed by atoms with van der Waals surface area (Å²) in [5.74, 6) is 0.704. The van der Waals surface area contributed by atoms with E-state index in [4.69, 9.17) is 0 Å². The number of aromatic amines is 1. The van der Waals surface area contributed by atoms with E-state index in [9.17, 15) is 8.42 Å². The maximum Gasteiger partial charge on any atom is 0.211 e. The Labute approximate surface area is 148 Å². The number of nitrogens with zero attached hydrogens (tertiary/aromatic N) is 3. The van der Waals surface area contributed by atoms with E-state index in [1.807, 2.05) is 37.3 Å². The van der Waals surface area contributed by atoms with Crippen LogP contribution in [0.3, 0.4) is 0 Å². The van der Waals surface area contributed by atoms with Crippen molar-refractivity contribution in [1.29, 1.82) is 0 Å². The summed E-state index contributed by atoms with van der Waals surface area (Å²) in [7, 11) is -3.22. The van der Waals surface area contributed by atoms with Crippen molar-refractivity contribution in [3.8, 4) is 0 Å². The third-order valence-corrected chi connectivity index (χ3v) is 6.80. The number of H-pyrrole nitrogens is 1. The van der Waals surface area contributed by atoms with Crippen molar-refractivity contribution in [2.24, 2.45) is 11.8 Å². The molecule has 2 aromatic rings. The Hall–Kier alpha value is -1.70. The van der Waals surface area contributed by atoms with Crippen molar-refractivity contribution in [3.63, 3.8) is 0 Å². The highest BCUT2D eigenvalue weighted by molar-refractivity contribution is 7.88. The topological polar surface area (TPSA) is 69.3 Å². The molecule has 4 rings (SSSR count). The molecule has 25 heavy (non-hydrogen) atoms. The summed E-state index contributed by atoms with van der Waals surface area (Å²) in [5.41, 5.74) is 3.28. The summed E-state index contributed by atoms with van der Waals surface area (Å²) in [6.45, 7) is 5.30. The van der Waals surface area contributed by atoms with E-state index in [1.165, 1.54) is 6.26 Å². The van der Waals surface area contributed by atoms with Crippen LogP contribution in [0.5, 0.6) is 0 Å². The van der Waals surface area contributed by atoms with Crippen molar-refractivity contribution in [1.82, 2.24) is 19.2 Å². The second-order valence-electron chi connectivity index (χ2n) is 7.28. The Morgan fingerprint density at radius 1 is 1.20 bits per heavy atom. The van der Waals surface area contributed by atoms with E-state index < -0.39 is 10.0 Å². The number of nitrogens with one attached hydrogen (secondary N) is 1. The van der Waals surface area contributed by atoms with Gasteiger partial charge in [-0.15, -0.1) is 0 Å². The first-order valence-electron chi connectivity index (χ1n) is 8.66. The van der Waals surface area contributed by atoms with E-state index in [0.29, 0.717) is 18.4 Å². The van der Waals surface area contributed by atoms with Gasteiger partial charge in [0.2, 0.25) is 10.0 Å². The summed E-state index contributed by atoms with van der Waals surface area (Å²) in [5, 5.41) is 0. The van der Waals surface area contributed by atoms with Gasteiger partial charge in [-0.05, 0) is 24.3 Å². The number of likely N-dealkylation sites (tertiary alicyclic amines) is 1. The molecule has 3 heterocycles. The zero-order valence-corrected chi connectivity index (χ0v) is 15.4. The van der Waals surface area contributed by atoms with Gasteiger partial charge in [0.15, 0.2) is 0 Å². The number of aromatic nitrogens is 2. The number of fused-ring (bicyclic) bond motifs is 1. The Balaban J connectivity index is 1.59. The highest BCUT2D eigenvalue weighted by Crippen LogP contribution is 2.46. The molecule has 1 aromatic carbocycles. The molecule has 1 N–H and O–H groups in total. The summed E-state index contributed by atoms with van der Waals surface area (Å²) >= 11 is 0. The average Bonchev–Trinajstić information content (AvgIpc) is 3.22. The SMILES string of the molecule is Cc1[nH]cnc1CN1C[C@@H]2CN(S(C)(=O)=O)[C@@H](c3ccccc3)[C@@H]2C1. The lowest BCUT2D eigenvalue weighted by Gasteiger charge is -2.28. The number of sulfonamides is 1. The molecule has 2 fully saturated rings. The van der Waals surface area contributed by atoms with Crippen LogP contribution in [0, 0.1) is 18.8 Å². The van der Waals surface area contributed by atoms with Crippen LogP contribution in [-0.2, 0) is 16.6 Å². The van der Waals surface area contributed by atoms with Crippen molar-refractivity contribution in [2.45, 2.75) is 19.5 Å². The molecule has 7 heteroatoms. The quantitative estimate of drug-likeness (QED) is 0.902. The minimum Gasteiger partial charge on any atom is -0.348 e. The molecule has 1 aromatic heterocycles. The summed E-state index contributed by atoms with van der Waals surface area (Å²) in [6.07, 6.45) is 3.06. The molecular formula is C18H24N4O2S. The number of benzene rings is 1. The molecule has 6 nitrogen and oxygen atoms in total. The van der Waals surface area contributed by atoms with Gasteiger partial charge < -0.3 is 4.98 Å². The molecule has 3 atom stereocenters. The van der Waals surface area contributed by atoms with Gasteiger partial charge in [0, 0.05) is 31.9 Å². The number of hydrogen-bond acceptors (Lipinski definition) is 4. The summed E-state index contributed by atoms with van der Waals surface area (Å²) < 4.78 is 26.4. The fourth-order valence-corrected chi connectivity index (χ4v) is 5.54. The second-order valence-corrected chi connectivity index (χ2v) is 9.22. The molecule has 0 saturated carbocycles. The number of imidazole rings is 1. The molecule has 0 bridgehead atoms. The lowest BCUT2D eigenvalue weighted by molar-refractivity contribution is 0.258. The first-order valence-corrected chi connectivity index (χ1v) is 10.5. The van der Waals surface area contributed by atoms with Gasteiger partial charge in [-0.25, -0.2) is 13.4 Å². The van der Waals surface area contributed by atoms with Crippen LogP contribution in [0.2, 0.25) is 0 Å². The molecule has 0 spiro atoms. The van der Waals surface area contributed by atoms with Gasteiger partial charge in [-0.2, -0.15) is 4.31 Å². The lowest BCUT2D eigenvalue weighted by Crippen LogP contribution is -2.35. The highest BCUT2D eigenvalue weighted by atomic mass is 32.2. The van der Waals surface area contributed by atoms with Crippen LogP contribution in [0.25, 0.3) is 0 Å². The fraction of sp³-hybridized carbons (Fsp3) is 0.500. The first kappa shape index (κ1) is 16.8. The third-order valence-electron chi connectivity index (χ3n) is 5.57. The molecule has 0 unspecified atom stereocenters. The minimum atomic E-state index is -3.22. The Bertz CT molecular complexity index is 849. The van der Waals surface area contributed by atoms with Gasteiger partial charge >= 0.3 is 0 Å². The van der Waals surface area contributed by atoms with Crippen LogP contribution in [0.15, 0.2) is 36.7 Å². The Morgan fingerprint density at radius 2 is 1.96 bits per heavy atom. The monoisotopic (exact) mass is 360 g/mol. The van der Waals surface area contributed by atoms with Crippen LogP contribution < -0.4 is 0 Å². The first-order chi connectivity index (χ1) is 11.9. The average molecular weight is 360 g/mol. The van der Waals surface area contributed by atoms with E-state index in [1.54, 1.807) is 10.6 Å². The van der Waals surface area contributed by atoms with Crippen LogP contribution >= 0.6 is 0 Å². The summed E-state index contributed by atoms with van der Waals surface area (Å²) in [4.78, 5) is 9.94. The van der Waals surface area contributed by atoms with Crippen LogP contribution in [0.1, 0.15) is 23.0 Å². The maximum atomic E-state index is 12.3.